The van der Waals surface area contributed by atoms with E-state index >= 15 is 0 Å². The van der Waals surface area contributed by atoms with E-state index < -0.39 is 0 Å². The lowest BCUT2D eigenvalue weighted by atomic mass is 10.0. The van der Waals surface area contributed by atoms with Crippen LogP contribution in [0.2, 0.25) is 0 Å². The van der Waals surface area contributed by atoms with Gasteiger partial charge in [-0.25, -0.2) is 4.39 Å². The number of hydrogen-bond acceptors (Lipinski definition) is 0. The highest BCUT2D eigenvalue weighted by atomic mass is 79.9. The number of para-hydroxylation sites is 1. The van der Waals surface area contributed by atoms with Crippen LogP contribution in [0.25, 0.3) is 22.0 Å². The van der Waals surface area contributed by atoms with Gasteiger partial charge in [0.25, 0.3) is 0 Å². The average Bonchev–Trinajstić information content (AvgIpc) is 2.73. The number of nitrogens with one attached hydrogen (secondary N) is 1. The molecule has 2 aromatic carbocycles. The molecular weight excluding hydrogens is 281 g/mol. The monoisotopic (exact) mass is 289 g/mol. The molecular formula is C14H9BrFN. The first-order valence-corrected chi connectivity index (χ1v) is 6.06. The quantitative estimate of drug-likeness (QED) is 0.666. The lowest BCUT2D eigenvalue weighted by Crippen LogP contribution is -1.81. The van der Waals surface area contributed by atoms with E-state index in [0.29, 0.717) is 0 Å². The van der Waals surface area contributed by atoms with Gasteiger partial charge in [0.15, 0.2) is 0 Å². The minimum atomic E-state index is -0.214. The molecule has 1 aromatic heterocycles. The summed E-state index contributed by atoms with van der Waals surface area (Å²) in [6.45, 7) is 0. The maximum Gasteiger partial charge on any atom is 0.123 e. The van der Waals surface area contributed by atoms with Gasteiger partial charge in [-0.05, 0) is 33.6 Å². The van der Waals surface area contributed by atoms with Gasteiger partial charge in [-0.15, -0.1) is 0 Å². The number of rotatable bonds is 1. The molecule has 0 aliphatic rings. The van der Waals surface area contributed by atoms with Crippen LogP contribution in [0.5, 0.6) is 0 Å². The Morgan fingerprint density at radius 1 is 1.00 bits per heavy atom. The molecule has 0 radical (unpaired) electrons. The predicted octanol–water partition coefficient (Wildman–Crippen LogP) is 4.74. The van der Waals surface area contributed by atoms with Crippen molar-refractivity contribution in [2.75, 3.05) is 0 Å². The Morgan fingerprint density at radius 2 is 1.76 bits per heavy atom. The van der Waals surface area contributed by atoms with Crippen LogP contribution in [-0.4, -0.2) is 4.98 Å². The topological polar surface area (TPSA) is 15.8 Å². The molecule has 3 aromatic rings. The van der Waals surface area contributed by atoms with Crippen LogP contribution < -0.4 is 0 Å². The zero-order valence-corrected chi connectivity index (χ0v) is 10.5. The fourth-order valence-electron chi connectivity index (χ4n) is 1.99. The van der Waals surface area contributed by atoms with E-state index in [1.54, 1.807) is 12.1 Å². The van der Waals surface area contributed by atoms with E-state index in [4.69, 9.17) is 0 Å². The van der Waals surface area contributed by atoms with Crippen molar-refractivity contribution < 1.29 is 4.39 Å². The second kappa shape index (κ2) is 4.00. The SMILES string of the molecule is Fc1ccc(-c2cccc3c(Br)c[nH]c23)cc1. The molecule has 0 atom stereocenters. The number of aromatic nitrogens is 1. The van der Waals surface area contributed by atoms with Gasteiger partial charge in [0.2, 0.25) is 0 Å². The maximum atomic E-state index is 12.9. The molecule has 0 aliphatic heterocycles. The van der Waals surface area contributed by atoms with Gasteiger partial charge < -0.3 is 4.98 Å². The summed E-state index contributed by atoms with van der Waals surface area (Å²) >= 11 is 3.49. The Bertz CT molecular complexity index is 670. The van der Waals surface area contributed by atoms with Gasteiger partial charge in [-0.2, -0.15) is 0 Å². The first-order chi connectivity index (χ1) is 8.25. The molecule has 0 saturated heterocycles. The van der Waals surface area contributed by atoms with Crippen molar-refractivity contribution in [3.63, 3.8) is 0 Å². The summed E-state index contributed by atoms with van der Waals surface area (Å²) in [5.41, 5.74) is 3.14. The van der Waals surface area contributed by atoms with E-state index in [9.17, 15) is 4.39 Å². The Balaban J connectivity index is 2.26. The van der Waals surface area contributed by atoms with E-state index in [2.05, 4.69) is 20.9 Å². The normalized spacial score (nSPS) is 10.9. The smallest absolute Gasteiger partial charge is 0.123 e. The summed E-state index contributed by atoms with van der Waals surface area (Å²) in [4.78, 5) is 3.23. The third kappa shape index (κ3) is 1.76. The van der Waals surface area contributed by atoms with Crippen molar-refractivity contribution in [2.45, 2.75) is 0 Å². The van der Waals surface area contributed by atoms with Crippen molar-refractivity contribution >= 4 is 26.8 Å². The van der Waals surface area contributed by atoms with Crippen molar-refractivity contribution in [2.24, 2.45) is 0 Å². The molecule has 3 heteroatoms. The van der Waals surface area contributed by atoms with E-state index in [1.165, 1.54) is 12.1 Å². The molecule has 0 unspecified atom stereocenters. The number of aromatic amines is 1. The molecule has 0 spiro atoms. The molecule has 0 fully saturated rings. The van der Waals surface area contributed by atoms with Gasteiger partial charge in [0.1, 0.15) is 5.82 Å². The summed E-state index contributed by atoms with van der Waals surface area (Å²) in [6, 6.07) is 12.6. The summed E-state index contributed by atoms with van der Waals surface area (Å²) in [7, 11) is 0. The fraction of sp³-hybridized carbons (Fsp3) is 0. The highest BCUT2D eigenvalue weighted by Crippen LogP contribution is 2.31. The third-order valence-electron chi connectivity index (χ3n) is 2.82. The van der Waals surface area contributed by atoms with Crippen molar-refractivity contribution in [1.29, 1.82) is 0 Å². The van der Waals surface area contributed by atoms with Crippen LogP contribution in [0.1, 0.15) is 0 Å². The largest absolute Gasteiger partial charge is 0.360 e. The van der Waals surface area contributed by atoms with Crippen LogP contribution in [-0.2, 0) is 0 Å². The van der Waals surface area contributed by atoms with Crippen LogP contribution in [0.4, 0.5) is 4.39 Å². The Morgan fingerprint density at radius 3 is 2.53 bits per heavy atom. The van der Waals surface area contributed by atoms with E-state index in [-0.39, 0.29) is 5.82 Å². The lowest BCUT2D eigenvalue weighted by molar-refractivity contribution is 0.628. The minimum absolute atomic E-state index is 0.214. The predicted molar refractivity (Wildman–Crippen MR) is 71.4 cm³/mol. The number of hydrogen-bond donors (Lipinski definition) is 1. The summed E-state index contributed by atoms with van der Waals surface area (Å²) in [5.74, 6) is -0.214. The van der Waals surface area contributed by atoms with Gasteiger partial charge in [0.05, 0.1) is 5.52 Å². The third-order valence-corrected chi connectivity index (χ3v) is 3.48. The van der Waals surface area contributed by atoms with E-state index in [0.717, 1.165) is 26.5 Å². The van der Waals surface area contributed by atoms with Crippen LogP contribution >= 0.6 is 15.9 Å². The number of halogens is 2. The fourth-order valence-corrected chi connectivity index (χ4v) is 2.44. The first-order valence-electron chi connectivity index (χ1n) is 5.27. The van der Waals surface area contributed by atoms with Gasteiger partial charge in [0, 0.05) is 21.6 Å². The molecule has 3 rings (SSSR count). The molecule has 1 N–H and O–H groups in total. The molecule has 0 saturated carbocycles. The van der Waals surface area contributed by atoms with Crippen LogP contribution in [0.3, 0.4) is 0 Å². The average molecular weight is 290 g/mol. The van der Waals surface area contributed by atoms with E-state index in [1.807, 2.05) is 24.4 Å². The van der Waals surface area contributed by atoms with Gasteiger partial charge in [-0.3, -0.25) is 0 Å². The second-order valence-corrected chi connectivity index (χ2v) is 4.73. The highest BCUT2D eigenvalue weighted by molar-refractivity contribution is 9.10. The molecule has 0 amide bonds. The van der Waals surface area contributed by atoms with Gasteiger partial charge in [-0.1, -0.05) is 30.3 Å². The second-order valence-electron chi connectivity index (χ2n) is 3.87. The molecule has 0 aliphatic carbocycles. The zero-order chi connectivity index (χ0) is 11.8. The Labute approximate surface area is 106 Å². The molecule has 84 valence electrons. The van der Waals surface area contributed by atoms with Crippen LogP contribution in [0.15, 0.2) is 53.1 Å². The summed E-state index contributed by atoms with van der Waals surface area (Å²) in [6.07, 6.45) is 1.91. The van der Waals surface area contributed by atoms with Crippen molar-refractivity contribution in [3.8, 4) is 11.1 Å². The minimum Gasteiger partial charge on any atom is -0.360 e. The molecule has 1 nitrogen and oxygen atoms in total. The highest BCUT2D eigenvalue weighted by Gasteiger charge is 2.07. The lowest BCUT2D eigenvalue weighted by Gasteiger charge is -2.03. The maximum absolute atomic E-state index is 12.9. The first kappa shape index (κ1) is 10.5. The molecule has 0 bridgehead atoms. The number of fused-ring (bicyclic) bond motifs is 1. The Hall–Kier alpha value is -1.61. The number of benzene rings is 2. The molecule has 17 heavy (non-hydrogen) atoms. The van der Waals surface area contributed by atoms with Crippen molar-refractivity contribution in [1.82, 2.24) is 4.98 Å². The standard InChI is InChI=1S/C14H9BrFN/c15-13-8-17-14-11(2-1-3-12(13)14)9-4-6-10(16)7-5-9/h1-8,17H. The summed E-state index contributed by atoms with van der Waals surface area (Å²) in [5, 5.41) is 1.13. The van der Waals surface area contributed by atoms with Crippen molar-refractivity contribution in [3.05, 3.63) is 59.0 Å². The van der Waals surface area contributed by atoms with Crippen LogP contribution in [0, 0.1) is 5.82 Å². The number of H-pyrrole nitrogens is 1. The molecule has 1 heterocycles. The Kier molecular flexibility index (Phi) is 2.48. The zero-order valence-electron chi connectivity index (χ0n) is 8.87. The summed E-state index contributed by atoms with van der Waals surface area (Å²) < 4.78 is 13.9. The van der Waals surface area contributed by atoms with Gasteiger partial charge >= 0.3 is 0 Å².